The van der Waals surface area contributed by atoms with Crippen molar-refractivity contribution in [3.8, 4) is 0 Å². The lowest BCUT2D eigenvalue weighted by Gasteiger charge is -2.30. The smallest absolute Gasteiger partial charge is 0.150 e. The Morgan fingerprint density at radius 2 is 2.28 bits per heavy atom. The van der Waals surface area contributed by atoms with Crippen molar-refractivity contribution in [2.45, 2.75) is 57.7 Å². The van der Waals surface area contributed by atoms with Crippen LogP contribution in [0, 0.1) is 12.8 Å². The molecule has 18 heavy (non-hydrogen) atoms. The molecule has 0 aromatic carbocycles. The molecule has 1 saturated heterocycles. The van der Waals surface area contributed by atoms with Gasteiger partial charge < -0.3 is 9.63 Å². The summed E-state index contributed by atoms with van der Waals surface area (Å²) >= 11 is 0. The molecule has 3 atom stereocenters. The number of aliphatic hydroxyl groups excluding tert-OH is 1. The maximum absolute atomic E-state index is 10.1. The van der Waals surface area contributed by atoms with Crippen LogP contribution in [0.2, 0.25) is 0 Å². The molecule has 0 radical (unpaired) electrons. The van der Waals surface area contributed by atoms with Crippen LogP contribution in [-0.4, -0.2) is 33.9 Å². The monoisotopic (exact) mass is 250 g/mol. The third-order valence-corrected chi connectivity index (χ3v) is 4.48. The summed E-state index contributed by atoms with van der Waals surface area (Å²) in [6, 6.07) is 2.55. The minimum Gasteiger partial charge on any atom is -0.393 e. The lowest BCUT2D eigenvalue weighted by atomic mass is 9.94. The van der Waals surface area contributed by atoms with Gasteiger partial charge in [0.25, 0.3) is 0 Å². The van der Waals surface area contributed by atoms with E-state index in [4.69, 9.17) is 4.52 Å². The van der Waals surface area contributed by atoms with E-state index in [0.29, 0.717) is 12.0 Å². The minimum absolute atomic E-state index is 0.0907. The highest BCUT2D eigenvalue weighted by molar-refractivity contribution is 5.04. The molecule has 3 rings (SSSR count). The van der Waals surface area contributed by atoms with Crippen molar-refractivity contribution in [3.05, 3.63) is 17.5 Å². The first kappa shape index (κ1) is 12.2. The summed E-state index contributed by atoms with van der Waals surface area (Å²) in [6.45, 7) is 3.91. The van der Waals surface area contributed by atoms with E-state index >= 15 is 0 Å². The van der Waals surface area contributed by atoms with Crippen LogP contribution in [0.4, 0.5) is 0 Å². The molecule has 0 spiro atoms. The van der Waals surface area contributed by atoms with E-state index in [-0.39, 0.29) is 6.10 Å². The van der Waals surface area contributed by atoms with Crippen LogP contribution >= 0.6 is 0 Å². The maximum atomic E-state index is 10.1. The molecule has 1 aliphatic heterocycles. The van der Waals surface area contributed by atoms with Gasteiger partial charge in [-0.3, -0.25) is 4.90 Å². The fraction of sp³-hybridized carbons (Fsp3) is 0.786. The molecule has 3 unspecified atom stereocenters. The van der Waals surface area contributed by atoms with Crippen LogP contribution in [0.5, 0.6) is 0 Å². The second kappa shape index (κ2) is 5.02. The molecule has 2 heterocycles. The molecular weight excluding hydrogens is 228 g/mol. The van der Waals surface area contributed by atoms with Gasteiger partial charge in [-0.05, 0) is 39.2 Å². The van der Waals surface area contributed by atoms with E-state index in [0.717, 1.165) is 31.0 Å². The number of hydrogen-bond acceptors (Lipinski definition) is 4. The molecule has 1 aromatic heterocycles. The van der Waals surface area contributed by atoms with Gasteiger partial charge in [-0.25, -0.2) is 0 Å². The summed E-state index contributed by atoms with van der Waals surface area (Å²) in [7, 11) is 0. The van der Waals surface area contributed by atoms with Crippen molar-refractivity contribution in [1.29, 1.82) is 0 Å². The van der Waals surface area contributed by atoms with Crippen LogP contribution in [0.3, 0.4) is 0 Å². The molecule has 0 amide bonds. The second-order valence-corrected chi connectivity index (χ2v) is 5.78. The summed E-state index contributed by atoms with van der Waals surface area (Å²) in [5.74, 6) is 1.42. The third kappa shape index (κ3) is 2.31. The summed E-state index contributed by atoms with van der Waals surface area (Å²) in [5, 5.41) is 14.0. The lowest BCUT2D eigenvalue weighted by Crippen LogP contribution is -2.38. The lowest BCUT2D eigenvalue weighted by molar-refractivity contribution is 0.0683. The highest BCUT2D eigenvalue weighted by Crippen LogP contribution is 2.36. The zero-order chi connectivity index (χ0) is 12.5. The summed E-state index contributed by atoms with van der Waals surface area (Å²) in [5.41, 5.74) is 0.946. The van der Waals surface area contributed by atoms with Crippen molar-refractivity contribution in [1.82, 2.24) is 10.1 Å². The number of likely N-dealkylation sites (tertiary alicyclic amines) is 1. The Bertz CT molecular complexity index is 404. The first-order valence-electron chi connectivity index (χ1n) is 7.08. The predicted molar refractivity (Wildman–Crippen MR) is 68.0 cm³/mol. The average molecular weight is 250 g/mol. The maximum Gasteiger partial charge on any atom is 0.150 e. The van der Waals surface area contributed by atoms with E-state index in [1.807, 2.05) is 13.0 Å². The Labute approximate surface area is 108 Å². The molecule has 2 fully saturated rings. The van der Waals surface area contributed by atoms with Gasteiger partial charge in [0.2, 0.25) is 0 Å². The Morgan fingerprint density at radius 3 is 2.94 bits per heavy atom. The third-order valence-electron chi connectivity index (χ3n) is 4.48. The Morgan fingerprint density at radius 1 is 1.39 bits per heavy atom. The fourth-order valence-electron chi connectivity index (χ4n) is 3.64. The van der Waals surface area contributed by atoms with Gasteiger partial charge in [-0.1, -0.05) is 11.6 Å². The second-order valence-electron chi connectivity index (χ2n) is 5.78. The quantitative estimate of drug-likeness (QED) is 0.892. The molecule has 4 heteroatoms. The molecule has 4 nitrogen and oxygen atoms in total. The SMILES string of the molecule is Cc1cc(CN2CCCC2C2CCCC2O)on1. The van der Waals surface area contributed by atoms with Crippen LogP contribution in [0.25, 0.3) is 0 Å². The van der Waals surface area contributed by atoms with Gasteiger partial charge in [-0.2, -0.15) is 0 Å². The van der Waals surface area contributed by atoms with Gasteiger partial charge >= 0.3 is 0 Å². The van der Waals surface area contributed by atoms with E-state index in [1.165, 1.54) is 25.7 Å². The fourth-order valence-corrected chi connectivity index (χ4v) is 3.64. The summed E-state index contributed by atoms with van der Waals surface area (Å²) < 4.78 is 5.31. The molecule has 1 aromatic rings. The predicted octanol–water partition coefficient (Wildman–Crippen LogP) is 2.11. The average Bonchev–Trinajstić information content (AvgIpc) is 3.02. The number of aryl methyl sites for hydroxylation is 1. The standard InChI is InChI=1S/C14H22N2O2/c1-10-8-11(18-15-10)9-16-7-3-5-13(16)12-4-2-6-14(12)17/h8,12-14,17H,2-7,9H2,1H3. The van der Waals surface area contributed by atoms with Crippen LogP contribution in [0.1, 0.15) is 43.6 Å². The van der Waals surface area contributed by atoms with E-state index in [9.17, 15) is 5.11 Å². The number of rotatable bonds is 3. The first-order valence-corrected chi connectivity index (χ1v) is 7.08. The van der Waals surface area contributed by atoms with Crippen LogP contribution in [-0.2, 0) is 6.54 Å². The molecule has 2 aliphatic rings. The number of aliphatic hydroxyl groups is 1. The van der Waals surface area contributed by atoms with Gasteiger partial charge in [0.05, 0.1) is 18.3 Å². The molecule has 1 N–H and O–H groups in total. The van der Waals surface area contributed by atoms with Gasteiger partial charge in [0.1, 0.15) is 0 Å². The summed E-state index contributed by atoms with van der Waals surface area (Å²) in [6.07, 6.45) is 5.70. The zero-order valence-electron chi connectivity index (χ0n) is 11.0. The number of aromatic nitrogens is 1. The van der Waals surface area contributed by atoms with Crippen molar-refractivity contribution in [2.24, 2.45) is 5.92 Å². The van der Waals surface area contributed by atoms with Gasteiger partial charge in [0.15, 0.2) is 5.76 Å². The molecule has 1 aliphatic carbocycles. The summed E-state index contributed by atoms with van der Waals surface area (Å²) in [4.78, 5) is 2.47. The van der Waals surface area contributed by atoms with E-state index < -0.39 is 0 Å². The van der Waals surface area contributed by atoms with Crippen molar-refractivity contribution in [2.75, 3.05) is 6.54 Å². The Hall–Kier alpha value is -0.870. The zero-order valence-corrected chi connectivity index (χ0v) is 11.0. The highest BCUT2D eigenvalue weighted by Gasteiger charge is 2.38. The van der Waals surface area contributed by atoms with Crippen molar-refractivity contribution >= 4 is 0 Å². The van der Waals surface area contributed by atoms with E-state index in [1.54, 1.807) is 0 Å². The van der Waals surface area contributed by atoms with Gasteiger partial charge in [-0.15, -0.1) is 0 Å². The molecule has 100 valence electrons. The molecule has 0 bridgehead atoms. The van der Waals surface area contributed by atoms with Gasteiger partial charge in [0, 0.05) is 18.0 Å². The Balaban J connectivity index is 1.67. The van der Waals surface area contributed by atoms with Crippen LogP contribution < -0.4 is 0 Å². The first-order chi connectivity index (χ1) is 8.74. The number of nitrogens with zero attached hydrogens (tertiary/aromatic N) is 2. The Kier molecular flexibility index (Phi) is 3.39. The molecular formula is C14H22N2O2. The molecule has 1 saturated carbocycles. The topological polar surface area (TPSA) is 49.5 Å². The van der Waals surface area contributed by atoms with Crippen LogP contribution in [0.15, 0.2) is 10.6 Å². The van der Waals surface area contributed by atoms with Crippen molar-refractivity contribution < 1.29 is 9.63 Å². The normalized spacial score (nSPS) is 33.3. The van der Waals surface area contributed by atoms with Crippen molar-refractivity contribution in [3.63, 3.8) is 0 Å². The number of hydrogen-bond donors (Lipinski definition) is 1. The largest absolute Gasteiger partial charge is 0.393 e. The minimum atomic E-state index is -0.0907. The van der Waals surface area contributed by atoms with E-state index in [2.05, 4.69) is 10.1 Å². The highest BCUT2D eigenvalue weighted by atomic mass is 16.5.